The van der Waals surface area contributed by atoms with Crippen molar-refractivity contribution in [3.05, 3.63) is 59.9 Å². The van der Waals surface area contributed by atoms with Crippen LogP contribution < -0.4 is 5.32 Å². The quantitative estimate of drug-likeness (QED) is 0.371. The Morgan fingerprint density at radius 3 is 2.54 bits per heavy atom. The van der Waals surface area contributed by atoms with Crippen molar-refractivity contribution in [3.8, 4) is 0 Å². The molecule has 0 radical (unpaired) electrons. The topological polar surface area (TPSA) is 108 Å². The van der Waals surface area contributed by atoms with E-state index in [2.05, 4.69) is 25.6 Å². The van der Waals surface area contributed by atoms with Gasteiger partial charge in [0.1, 0.15) is 23.3 Å². The Morgan fingerprint density at radius 2 is 1.86 bits per heavy atom. The maximum atomic E-state index is 13.7. The number of aromatic nitrogens is 5. The highest BCUT2D eigenvalue weighted by molar-refractivity contribution is 5.92. The van der Waals surface area contributed by atoms with Gasteiger partial charge in [0.2, 0.25) is 11.5 Å². The van der Waals surface area contributed by atoms with Crippen LogP contribution in [0.25, 0.3) is 16.6 Å². The van der Waals surface area contributed by atoms with Gasteiger partial charge >= 0.3 is 6.18 Å². The summed E-state index contributed by atoms with van der Waals surface area (Å²) in [6, 6.07) is 5.29. The largest absolute Gasteiger partial charge is 0.423 e. The van der Waals surface area contributed by atoms with Crippen molar-refractivity contribution in [1.82, 2.24) is 30.1 Å². The van der Waals surface area contributed by atoms with Crippen LogP contribution in [0.15, 0.2) is 42.9 Å². The van der Waals surface area contributed by atoms with Crippen LogP contribution in [0.2, 0.25) is 0 Å². The molecule has 0 aliphatic heterocycles. The summed E-state index contributed by atoms with van der Waals surface area (Å²) < 4.78 is 55.8. The van der Waals surface area contributed by atoms with Gasteiger partial charge in [0.05, 0.1) is 12.2 Å². The van der Waals surface area contributed by atoms with E-state index >= 15 is 0 Å². The molecular weight excluding hydrogens is 468 g/mol. The lowest BCUT2D eigenvalue weighted by atomic mass is 9.79. The summed E-state index contributed by atoms with van der Waals surface area (Å²) in [4.78, 5) is 20.0. The highest BCUT2D eigenvalue weighted by atomic mass is 19.4. The predicted molar refractivity (Wildman–Crippen MR) is 117 cm³/mol. The van der Waals surface area contributed by atoms with Gasteiger partial charge in [-0.25, -0.2) is 13.9 Å². The van der Waals surface area contributed by atoms with Crippen LogP contribution in [0.4, 0.5) is 17.6 Å². The van der Waals surface area contributed by atoms with E-state index in [-0.39, 0.29) is 5.92 Å². The standard InChI is InChI=1S/C23H22F4N6O2/c24-16-7-5-15(6-8-16)22(35,23(25,26)27)11-29-21(34)14-3-1-13(2-4-14)18-19-17-9-10-28-20(17)30-12-33(19)32-31-18/h5-10,12-14,28,35H,1-4,11H2,(H,29,34). The minimum atomic E-state index is -5.07. The Kier molecular flexibility index (Phi) is 5.70. The number of aromatic amines is 1. The lowest BCUT2D eigenvalue weighted by Gasteiger charge is -2.32. The number of alkyl halides is 3. The van der Waals surface area contributed by atoms with Crippen LogP contribution in [0.1, 0.15) is 42.9 Å². The molecule has 35 heavy (non-hydrogen) atoms. The molecular formula is C23H22F4N6O2. The minimum Gasteiger partial charge on any atom is -0.375 e. The summed E-state index contributed by atoms with van der Waals surface area (Å²) in [5, 5.41) is 22.0. The third-order valence-corrected chi connectivity index (χ3v) is 6.79. The monoisotopic (exact) mass is 490 g/mol. The van der Waals surface area contributed by atoms with Crippen molar-refractivity contribution >= 4 is 22.5 Å². The van der Waals surface area contributed by atoms with E-state index in [9.17, 15) is 27.5 Å². The molecule has 12 heteroatoms. The van der Waals surface area contributed by atoms with Crippen molar-refractivity contribution in [3.63, 3.8) is 0 Å². The fourth-order valence-corrected chi connectivity index (χ4v) is 4.77. The average Bonchev–Trinajstić information content (AvgIpc) is 3.49. The Labute approximate surface area is 196 Å². The van der Waals surface area contributed by atoms with E-state index in [4.69, 9.17) is 0 Å². The minimum absolute atomic E-state index is 0.0448. The zero-order valence-electron chi connectivity index (χ0n) is 18.4. The third-order valence-electron chi connectivity index (χ3n) is 6.79. The zero-order chi connectivity index (χ0) is 24.8. The molecule has 3 aromatic heterocycles. The molecule has 1 fully saturated rings. The SMILES string of the molecule is O=C(NCC(O)(c1ccc(F)cc1)C(F)(F)F)C1CCC(c2nnn3cnc4[nH]ccc4c23)CC1. The number of hydrogen-bond donors (Lipinski definition) is 3. The number of aliphatic hydroxyl groups is 1. The fraction of sp³-hybridized carbons (Fsp3) is 0.391. The summed E-state index contributed by atoms with van der Waals surface area (Å²) >= 11 is 0. The Morgan fingerprint density at radius 1 is 1.14 bits per heavy atom. The van der Waals surface area contributed by atoms with Crippen molar-refractivity contribution < 1.29 is 27.5 Å². The maximum absolute atomic E-state index is 13.7. The molecule has 1 unspecified atom stereocenters. The van der Waals surface area contributed by atoms with Crippen molar-refractivity contribution in [1.29, 1.82) is 0 Å². The first-order valence-electron chi connectivity index (χ1n) is 11.2. The van der Waals surface area contributed by atoms with E-state index in [0.29, 0.717) is 31.3 Å². The van der Waals surface area contributed by atoms with Gasteiger partial charge in [-0.2, -0.15) is 13.2 Å². The van der Waals surface area contributed by atoms with Crippen LogP contribution in [-0.4, -0.2) is 48.5 Å². The molecule has 8 nitrogen and oxygen atoms in total. The molecule has 1 aliphatic carbocycles. The number of hydrogen-bond acceptors (Lipinski definition) is 5. The Hall–Kier alpha value is -3.54. The number of H-pyrrole nitrogens is 1. The summed E-state index contributed by atoms with van der Waals surface area (Å²) in [5.41, 5.74) is -1.50. The Bertz CT molecular complexity index is 1360. The molecule has 0 bridgehead atoms. The zero-order valence-corrected chi connectivity index (χ0v) is 18.4. The number of amides is 1. The van der Waals surface area contributed by atoms with Gasteiger partial charge in [-0.05, 0) is 49.4 Å². The van der Waals surface area contributed by atoms with Gasteiger partial charge < -0.3 is 15.4 Å². The second-order valence-electron chi connectivity index (χ2n) is 8.88. The lowest BCUT2D eigenvalue weighted by Crippen LogP contribution is -2.52. The summed E-state index contributed by atoms with van der Waals surface area (Å²) in [7, 11) is 0. The van der Waals surface area contributed by atoms with Gasteiger partial charge in [0.25, 0.3) is 0 Å². The van der Waals surface area contributed by atoms with Crippen molar-refractivity contribution in [2.45, 2.75) is 43.4 Å². The van der Waals surface area contributed by atoms with E-state index < -0.39 is 41.5 Å². The number of rotatable bonds is 5. The van der Waals surface area contributed by atoms with Crippen LogP contribution >= 0.6 is 0 Å². The molecule has 1 amide bonds. The van der Waals surface area contributed by atoms with E-state index in [0.717, 1.165) is 40.9 Å². The molecule has 5 rings (SSSR count). The second kappa shape index (κ2) is 8.59. The number of nitrogens with one attached hydrogen (secondary N) is 2. The lowest BCUT2D eigenvalue weighted by molar-refractivity contribution is -0.264. The third kappa shape index (κ3) is 4.11. The molecule has 1 aromatic carbocycles. The van der Waals surface area contributed by atoms with Crippen molar-refractivity contribution in [2.24, 2.45) is 5.92 Å². The molecule has 0 spiro atoms. The van der Waals surface area contributed by atoms with Gasteiger partial charge in [-0.1, -0.05) is 17.3 Å². The van der Waals surface area contributed by atoms with Crippen LogP contribution in [0.5, 0.6) is 0 Å². The number of nitrogens with zero attached hydrogens (tertiary/aromatic N) is 4. The molecule has 1 saturated carbocycles. The summed E-state index contributed by atoms with van der Waals surface area (Å²) in [5.74, 6) is -1.73. The molecule has 1 aliphatic rings. The normalized spacial score (nSPS) is 20.7. The van der Waals surface area contributed by atoms with Crippen LogP contribution in [0.3, 0.4) is 0 Å². The first-order valence-corrected chi connectivity index (χ1v) is 11.2. The van der Waals surface area contributed by atoms with Crippen LogP contribution in [0, 0.1) is 11.7 Å². The van der Waals surface area contributed by atoms with Gasteiger partial charge in [0, 0.05) is 23.4 Å². The summed E-state index contributed by atoms with van der Waals surface area (Å²) in [6.07, 6.45) is 0.430. The fourth-order valence-electron chi connectivity index (χ4n) is 4.77. The molecule has 184 valence electrons. The number of fused-ring (bicyclic) bond motifs is 3. The maximum Gasteiger partial charge on any atom is 0.423 e. The van der Waals surface area contributed by atoms with Gasteiger partial charge in [-0.3, -0.25) is 4.79 Å². The molecule has 1 atom stereocenters. The van der Waals surface area contributed by atoms with E-state index in [1.165, 1.54) is 0 Å². The van der Waals surface area contributed by atoms with E-state index in [1.807, 2.05) is 6.07 Å². The van der Waals surface area contributed by atoms with Crippen LogP contribution in [-0.2, 0) is 10.4 Å². The Balaban J connectivity index is 1.26. The molecule has 3 N–H and O–H groups in total. The molecule has 4 aromatic rings. The molecule has 0 saturated heterocycles. The highest BCUT2D eigenvalue weighted by Crippen LogP contribution is 2.40. The van der Waals surface area contributed by atoms with Gasteiger partial charge in [0.15, 0.2) is 0 Å². The van der Waals surface area contributed by atoms with Gasteiger partial charge in [-0.15, -0.1) is 5.10 Å². The first kappa shape index (κ1) is 23.2. The second-order valence-corrected chi connectivity index (χ2v) is 8.88. The smallest absolute Gasteiger partial charge is 0.375 e. The number of carbonyl (C=O) groups is 1. The number of halogens is 4. The predicted octanol–water partition coefficient (Wildman–Crippen LogP) is 3.58. The summed E-state index contributed by atoms with van der Waals surface area (Å²) in [6.45, 7) is -1.06. The number of benzene rings is 1. The van der Waals surface area contributed by atoms with Crippen molar-refractivity contribution in [2.75, 3.05) is 6.54 Å². The first-order chi connectivity index (χ1) is 16.7. The average molecular weight is 490 g/mol. The number of carbonyl (C=O) groups excluding carboxylic acids is 1. The van der Waals surface area contributed by atoms with E-state index in [1.54, 1.807) is 17.0 Å². The molecule has 3 heterocycles. The highest BCUT2D eigenvalue weighted by Gasteiger charge is 2.55.